The van der Waals surface area contributed by atoms with Crippen molar-refractivity contribution < 1.29 is 9.90 Å². The van der Waals surface area contributed by atoms with Crippen LogP contribution < -0.4 is 16.2 Å². The summed E-state index contributed by atoms with van der Waals surface area (Å²) in [6.07, 6.45) is 3.33. The Hall–Kier alpha value is -4.23. The van der Waals surface area contributed by atoms with E-state index in [0.29, 0.717) is 28.3 Å². The van der Waals surface area contributed by atoms with E-state index in [1.54, 1.807) is 37.6 Å². The first-order valence-corrected chi connectivity index (χ1v) is 12.1. The van der Waals surface area contributed by atoms with E-state index in [9.17, 15) is 14.7 Å². The molecular weight excluding hydrogens is 464 g/mol. The number of carbonyl (C=O) groups excluding carboxylic acids is 1. The molecule has 0 spiro atoms. The van der Waals surface area contributed by atoms with Gasteiger partial charge in [-0.3, -0.25) is 9.59 Å². The fourth-order valence-electron chi connectivity index (χ4n) is 4.08. The molecule has 37 heavy (non-hydrogen) atoms. The van der Waals surface area contributed by atoms with E-state index in [-0.39, 0.29) is 23.5 Å². The molecule has 0 aliphatic rings. The number of carbonyl (C=O) groups is 1. The lowest BCUT2D eigenvalue weighted by atomic mass is 9.86. The van der Waals surface area contributed by atoms with Gasteiger partial charge in [0, 0.05) is 36.3 Å². The first kappa shape index (κ1) is 25.9. The zero-order chi connectivity index (χ0) is 26.7. The highest BCUT2D eigenvalue weighted by Crippen LogP contribution is 2.30. The number of amides is 1. The van der Waals surface area contributed by atoms with Gasteiger partial charge in [-0.1, -0.05) is 51.1 Å². The van der Waals surface area contributed by atoms with Crippen LogP contribution in [0.3, 0.4) is 0 Å². The van der Waals surface area contributed by atoms with E-state index in [1.807, 2.05) is 49.4 Å². The third-order valence-electron chi connectivity index (χ3n) is 6.36. The number of nitrogens with one attached hydrogen (secondary N) is 2. The lowest BCUT2D eigenvalue weighted by molar-refractivity contribution is 0.102. The summed E-state index contributed by atoms with van der Waals surface area (Å²) in [5.41, 5.74) is 5.93. The van der Waals surface area contributed by atoms with E-state index in [1.165, 1.54) is 10.1 Å². The number of aliphatic hydroxyl groups excluding tert-OH is 1. The van der Waals surface area contributed by atoms with Crippen LogP contribution in [-0.2, 0) is 19.1 Å². The SMILES string of the molecule is Cc1c(NC(=O)c2ccc(C(C)(C)C)cc2)cccc1-c1cc(Nc2ccc(CO)cn2)c(=O)n(C)c1. The fourth-order valence-corrected chi connectivity index (χ4v) is 4.08. The number of hydrogen-bond donors (Lipinski definition) is 3. The van der Waals surface area contributed by atoms with Crippen LogP contribution >= 0.6 is 0 Å². The van der Waals surface area contributed by atoms with Crippen LogP contribution in [0, 0.1) is 6.92 Å². The molecule has 190 valence electrons. The van der Waals surface area contributed by atoms with Gasteiger partial charge in [0.1, 0.15) is 11.5 Å². The van der Waals surface area contributed by atoms with E-state index in [2.05, 4.69) is 36.4 Å². The highest BCUT2D eigenvalue weighted by atomic mass is 16.3. The van der Waals surface area contributed by atoms with Crippen molar-refractivity contribution in [2.24, 2.45) is 7.05 Å². The van der Waals surface area contributed by atoms with Crippen LogP contribution in [0.25, 0.3) is 11.1 Å². The third-order valence-corrected chi connectivity index (χ3v) is 6.36. The molecule has 0 fully saturated rings. The van der Waals surface area contributed by atoms with Gasteiger partial charge in [0.15, 0.2) is 0 Å². The lowest BCUT2D eigenvalue weighted by Gasteiger charge is -2.19. The minimum atomic E-state index is -0.197. The molecule has 4 rings (SSSR count). The average Bonchev–Trinajstić information content (AvgIpc) is 2.88. The minimum absolute atomic E-state index is 0.0162. The number of hydrogen-bond acceptors (Lipinski definition) is 5. The maximum absolute atomic E-state index is 13.0. The Balaban J connectivity index is 1.62. The molecule has 2 aromatic carbocycles. The molecular formula is C30H32N4O3. The maximum atomic E-state index is 13.0. The minimum Gasteiger partial charge on any atom is -0.392 e. The quantitative estimate of drug-likeness (QED) is 0.326. The Morgan fingerprint density at radius 1 is 1.03 bits per heavy atom. The molecule has 0 radical (unpaired) electrons. The molecule has 3 N–H and O–H groups in total. The second kappa shape index (κ2) is 10.4. The average molecular weight is 497 g/mol. The van der Waals surface area contributed by atoms with E-state index in [0.717, 1.165) is 16.7 Å². The maximum Gasteiger partial charge on any atom is 0.274 e. The van der Waals surface area contributed by atoms with Gasteiger partial charge in [-0.05, 0) is 64.9 Å². The molecule has 0 aliphatic heterocycles. The van der Waals surface area contributed by atoms with Crippen molar-refractivity contribution in [1.82, 2.24) is 9.55 Å². The highest BCUT2D eigenvalue weighted by molar-refractivity contribution is 6.05. The molecule has 1 amide bonds. The number of aryl methyl sites for hydroxylation is 1. The summed E-state index contributed by atoms with van der Waals surface area (Å²) < 4.78 is 1.52. The van der Waals surface area contributed by atoms with Crippen LogP contribution in [0.2, 0.25) is 0 Å². The molecule has 7 nitrogen and oxygen atoms in total. The second-order valence-corrected chi connectivity index (χ2v) is 10.2. The van der Waals surface area contributed by atoms with Gasteiger partial charge >= 0.3 is 0 Å². The van der Waals surface area contributed by atoms with Crippen LogP contribution in [0.5, 0.6) is 0 Å². The van der Waals surface area contributed by atoms with E-state index < -0.39 is 0 Å². The molecule has 2 aromatic heterocycles. The van der Waals surface area contributed by atoms with Crippen molar-refractivity contribution in [3.05, 3.63) is 106 Å². The Labute approximate surface area is 216 Å². The summed E-state index contributed by atoms with van der Waals surface area (Å²) in [6.45, 7) is 8.27. The summed E-state index contributed by atoms with van der Waals surface area (Å²) in [5, 5.41) is 15.3. The number of aromatic nitrogens is 2. The molecule has 0 saturated heterocycles. The summed E-state index contributed by atoms with van der Waals surface area (Å²) in [7, 11) is 1.70. The normalized spacial score (nSPS) is 11.3. The smallest absolute Gasteiger partial charge is 0.274 e. The van der Waals surface area contributed by atoms with Crippen molar-refractivity contribution >= 4 is 23.1 Å². The number of pyridine rings is 2. The van der Waals surface area contributed by atoms with Gasteiger partial charge < -0.3 is 20.3 Å². The number of benzene rings is 2. The highest BCUT2D eigenvalue weighted by Gasteiger charge is 2.16. The zero-order valence-corrected chi connectivity index (χ0v) is 21.8. The predicted octanol–water partition coefficient (Wildman–Crippen LogP) is 5.54. The Morgan fingerprint density at radius 3 is 2.38 bits per heavy atom. The molecule has 0 atom stereocenters. The summed E-state index contributed by atoms with van der Waals surface area (Å²) in [6, 6.07) is 18.6. The Morgan fingerprint density at radius 2 is 1.76 bits per heavy atom. The molecule has 0 bridgehead atoms. The molecule has 0 unspecified atom stereocenters. The topological polar surface area (TPSA) is 96.2 Å². The Bertz CT molecular complexity index is 1480. The van der Waals surface area contributed by atoms with Crippen molar-refractivity contribution in [3.63, 3.8) is 0 Å². The standard InChI is InChI=1S/C30H32N4O3/c1-19-24(7-6-8-25(19)33-28(36)21-10-12-23(13-11-21)30(2,3)4)22-15-26(29(37)34(5)17-22)32-27-14-9-20(18-35)16-31-27/h6-17,35H,18H2,1-5H3,(H,31,32)(H,33,36). The van der Waals surface area contributed by atoms with Gasteiger partial charge in [-0.15, -0.1) is 0 Å². The molecule has 4 aromatic rings. The van der Waals surface area contributed by atoms with Crippen LogP contribution in [0.1, 0.15) is 47.8 Å². The first-order chi connectivity index (χ1) is 17.6. The number of rotatable bonds is 6. The summed E-state index contributed by atoms with van der Waals surface area (Å²) in [4.78, 5) is 30.0. The molecule has 0 aliphatic carbocycles. The summed E-state index contributed by atoms with van der Waals surface area (Å²) in [5.74, 6) is 0.322. The van der Waals surface area contributed by atoms with Gasteiger partial charge in [-0.2, -0.15) is 0 Å². The predicted molar refractivity (Wildman–Crippen MR) is 148 cm³/mol. The largest absolute Gasteiger partial charge is 0.392 e. The second-order valence-electron chi connectivity index (χ2n) is 10.2. The van der Waals surface area contributed by atoms with Crippen molar-refractivity contribution in [2.45, 2.75) is 39.7 Å². The van der Waals surface area contributed by atoms with E-state index >= 15 is 0 Å². The van der Waals surface area contributed by atoms with Crippen molar-refractivity contribution in [3.8, 4) is 11.1 Å². The zero-order valence-electron chi connectivity index (χ0n) is 21.8. The molecule has 0 saturated carbocycles. The number of anilines is 3. The lowest BCUT2D eigenvalue weighted by Crippen LogP contribution is -2.20. The van der Waals surface area contributed by atoms with E-state index in [4.69, 9.17) is 0 Å². The van der Waals surface area contributed by atoms with Gasteiger partial charge in [0.2, 0.25) is 0 Å². The van der Waals surface area contributed by atoms with Gasteiger partial charge in [0.05, 0.1) is 6.61 Å². The van der Waals surface area contributed by atoms with Gasteiger partial charge in [-0.25, -0.2) is 4.98 Å². The van der Waals surface area contributed by atoms with Crippen molar-refractivity contribution in [2.75, 3.05) is 10.6 Å². The van der Waals surface area contributed by atoms with Crippen LogP contribution in [-0.4, -0.2) is 20.6 Å². The third kappa shape index (κ3) is 5.78. The van der Waals surface area contributed by atoms with Crippen LogP contribution in [0.15, 0.2) is 77.9 Å². The molecule has 2 heterocycles. The fraction of sp³-hybridized carbons (Fsp3) is 0.233. The van der Waals surface area contributed by atoms with Gasteiger partial charge in [0.25, 0.3) is 11.5 Å². The summed E-state index contributed by atoms with van der Waals surface area (Å²) >= 11 is 0. The first-order valence-electron chi connectivity index (χ1n) is 12.1. The molecule has 7 heteroatoms. The van der Waals surface area contributed by atoms with Crippen molar-refractivity contribution in [1.29, 1.82) is 0 Å². The number of nitrogens with zero attached hydrogens (tertiary/aromatic N) is 2. The monoisotopic (exact) mass is 496 g/mol. The number of aliphatic hydroxyl groups is 1. The van der Waals surface area contributed by atoms with Crippen LogP contribution in [0.4, 0.5) is 17.2 Å². The Kier molecular flexibility index (Phi) is 7.27.